The summed E-state index contributed by atoms with van der Waals surface area (Å²) in [5.41, 5.74) is 2.32. The fraction of sp³-hybridized carbons (Fsp3) is 0.217. The number of benzene rings is 2. The predicted molar refractivity (Wildman–Crippen MR) is 136 cm³/mol. The van der Waals surface area contributed by atoms with Crippen LogP contribution in [0.25, 0.3) is 0 Å². The minimum Gasteiger partial charge on any atom is -0.459 e. The van der Waals surface area contributed by atoms with Crippen molar-refractivity contribution in [2.24, 2.45) is 5.10 Å². The highest BCUT2D eigenvalue weighted by molar-refractivity contribution is 9.10. The monoisotopic (exact) mass is 594 g/mol. The quantitative estimate of drug-likeness (QED) is 0.330. The Kier molecular flexibility index (Phi) is 7.76. The number of carbonyl (C=O) groups is 1. The standard InChI is InChI=1S/C23H23BrN4O6S2/c1-17-21(24)14-18(34-17)15-25-26-23(29)22-16-27(35(30,31)19-8-4-2-5-9-19)12-13-28(22)36(32,33)20-10-6-3-7-11-20/h2-11,14-15,22H,12-13,16H2,1H3,(H,26,29)/b25-15-/t22-/m1/s1. The maximum Gasteiger partial charge on any atom is 0.259 e. The second-order valence-electron chi connectivity index (χ2n) is 7.91. The van der Waals surface area contributed by atoms with Crippen LogP contribution in [0.1, 0.15) is 11.5 Å². The molecule has 2 aromatic carbocycles. The van der Waals surface area contributed by atoms with Crippen LogP contribution >= 0.6 is 15.9 Å². The minimum absolute atomic E-state index is 0.00146. The average molecular weight is 595 g/mol. The molecule has 1 saturated heterocycles. The van der Waals surface area contributed by atoms with Crippen molar-refractivity contribution in [2.45, 2.75) is 22.8 Å². The Balaban J connectivity index is 1.62. The Labute approximate surface area is 217 Å². The number of aryl methyl sites for hydroxylation is 1. The molecule has 10 nitrogen and oxygen atoms in total. The molecule has 0 bridgehead atoms. The number of hydrogen-bond acceptors (Lipinski definition) is 7. The molecule has 0 spiro atoms. The highest BCUT2D eigenvalue weighted by atomic mass is 79.9. The van der Waals surface area contributed by atoms with E-state index in [4.69, 9.17) is 4.42 Å². The average Bonchev–Trinajstić information content (AvgIpc) is 3.21. The number of rotatable bonds is 7. The number of nitrogens with one attached hydrogen (secondary N) is 1. The van der Waals surface area contributed by atoms with E-state index >= 15 is 0 Å². The fourth-order valence-corrected chi connectivity index (χ4v) is 7.07. The van der Waals surface area contributed by atoms with Crippen molar-refractivity contribution < 1.29 is 26.0 Å². The van der Waals surface area contributed by atoms with Gasteiger partial charge in [-0.3, -0.25) is 4.79 Å². The molecular formula is C23H23BrN4O6S2. The van der Waals surface area contributed by atoms with Gasteiger partial charge in [0.05, 0.1) is 20.5 Å². The van der Waals surface area contributed by atoms with Crippen LogP contribution in [-0.4, -0.2) is 63.2 Å². The van der Waals surface area contributed by atoms with Crippen molar-refractivity contribution in [1.82, 2.24) is 14.0 Å². The first-order valence-electron chi connectivity index (χ1n) is 10.8. The van der Waals surface area contributed by atoms with Gasteiger partial charge in [-0.15, -0.1) is 0 Å². The van der Waals surface area contributed by atoms with Crippen molar-refractivity contribution in [2.75, 3.05) is 19.6 Å². The zero-order valence-electron chi connectivity index (χ0n) is 19.1. The summed E-state index contributed by atoms with van der Waals surface area (Å²) in [6, 6.07) is 15.8. The van der Waals surface area contributed by atoms with Crippen LogP contribution < -0.4 is 5.43 Å². The van der Waals surface area contributed by atoms with E-state index in [1.165, 1.54) is 30.5 Å². The van der Waals surface area contributed by atoms with Crippen LogP contribution in [0.15, 0.2) is 90.5 Å². The van der Waals surface area contributed by atoms with Crippen molar-refractivity contribution >= 4 is 48.1 Å². The molecule has 1 aromatic heterocycles. The van der Waals surface area contributed by atoms with E-state index in [2.05, 4.69) is 26.5 Å². The number of amides is 1. The summed E-state index contributed by atoms with van der Waals surface area (Å²) in [5.74, 6) is 0.211. The molecule has 2 heterocycles. The van der Waals surface area contributed by atoms with Crippen molar-refractivity contribution in [3.05, 3.63) is 82.7 Å². The first kappa shape index (κ1) is 26.2. The third kappa shape index (κ3) is 5.44. The third-order valence-electron chi connectivity index (χ3n) is 5.57. The topological polar surface area (TPSA) is 129 Å². The number of halogens is 1. The SMILES string of the molecule is Cc1oc(/C=N\NC(=O)[C@H]2CN(S(=O)(=O)c3ccccc3)CCN2S(=O)(=O)c2ccccc2)cc1Br. The maximum absolute atomic E-state index is 13.4. The van der Waals surface area contributed by atoms with Crippen molar-refractivity contribution in [1.29, 1.82) is 0 Å². The van der Waals surface area contributed by atoms with Crippen LogP contribution in [0, 0.1) is 6.92 Å². The summed E-state index contributed by atoms with van der Waals surface area (Å²) in [6.07, 6.45) is 1.27. The van der Waals surface area contributed by atoms with Crippen LogP contribution in [0.4, 0.5) is 0 Å². The second-order valence-corrected chi connectivity index (χ2v) is 12.6. The number of sulfonamides is 2. The molecule has 3 aromatic rings. The molecule has 0 saturated carbocycles. The van der Waals surface area contributed by atoms with Crippen LogP contribution in [0.2, 0.25) is 0 Å². The lowest BCUT2D eigenvalue weighted by atomic mass is 10.2. The van der Waals surface area contributed by atoms with Gasteiger partial charge >= 0.3 is 0 Å². The molecule has 1 fully saturated rings. The normalized spacial score (nSPS) is 17.9. The Bertz CT molecular complexity index is 1460. The number of nitrogens with zero attached hydrogens (tertiary/aromatic N) is 3. The Morgan fingerprint density at radius 1 is 1.00 bits per heavy atom. The van der Waals surface area contributed by atoms with E-state index in [9.17, 15) is 21.6 Å². The van der Waals surface area contributed by atoms with Crippen LogP contribution in [-0.2, 0) is 24.8 Å². The highest BCUT2D eigenvalue weighted by Gasteiger charge is 2.43. The first-order valence-corrected chi connectivity index (χ1v) is 14.5. The summed E-state index contributed by atoms with van der Waals surface area (Å²) >= 11 is 3.32. The number of piperazine rings is 1. The lowest BCUT2D eigenvalue weighted by molar-refractivity contribution is -0.125. The zero-order valence-corrected chi connectivity index (χ0v) is 22.3. The molecule has 0 aliphatic carbocycles. The fourth-order valence-electron chi connectivity index (χ4n) is 3.71. The minimum atomic E-state index is -4.09. The van der Waals surface area contributed by atoms with Gasteiger partial charge in [-0.2, -0.15) is 13.7 Å². The van der Waals surface area contributed by atoms with Gasteiger partial charge in [-0.1, -0.05) is 36.4 Å². The highest BCUT2D eigenvalue weighted by Crippen LogP contribution is 2.25. The van der Waals surface area contributed by atoms with E-state index < -0.39 is 32.0 Å². The van der Waals surface area contributed by atoms with E-state index in [0.717, 1.165) is 13.1 Å². The van der Waals surface area contributed by atoms with E-state index in [-0.39, 0.29) is 29.4 Å². The summed E-state index contributed by atoms with van der Waals surface area (Å²) in [6.45, 7) is 1.04. The molecule has 36 heavy (non-hydrogen) atoms. The summed E-state index contributed by atoms with van der Waals surface area (Å²) in [4.78, 5) is 13.2. The number of furan rings is 1. The molecule has 13 heteroatoms. The first-order chi connectivity index (χ1) is 17.1. The molecule has 190 valence electrons. The molecule has 0 unspecified atom stereocenters. The van der Waals surface area contributed by atoms with Gasteiger partial charge in [0.1, 0.15) is 17.6 Å². The summed E-state index contributed by atoms with van der Waals surface area (Å²) < 4.78 is 61.4. The van der Waals surface area contributed by atoms with Crippen LogP contribution in [0.5, 0.6) is 0 Å². The maximum atomic E-state index is 13.4. The van der Waals surface area contributed by atoms with E-state index in [1.807, 2.05) is 0 Å². The Morgan fingerprint density at radius 3 is 2.14 bits per heavy atom. The third-order valence-corrected chi connectivity index (χ3v) is 10.2. The second kappa shape index (κ2) is 10.6. The molecule has 4 rings (SSSR count). The van der Waals surface area contributed by atoms with Gasteiger partial charge in [0.15, 0.2) is 0 Å². The number of carbonyl (C=O) groups excluding carboxylic acids is 1. The molecular weight excluding hydrogens is 572 g/mol. The largest absolute Gasteiger partial charge is 0.459 e. The smallest absolute Gasteiger partial charge is 0.259 e. The van der Waals surface area contributed by atoms with Crippen molar-refractivity contribution in [3.8, 4) is 0 Å². The van der Waals surface area contributed by atoms with E-state index in [0.29, 0.717) is 11.5 Å². The molecule has 1 amide bonds. The lowest BCUT2D eigenvalue weighted by Crippen LogP contribution is -2.60. The summed E-state index contributed by atoms with van der Waals surface area (Å²) in [5, 5.41) is 3.88. The lowest BCUT2D eigenvalue weighted by Gasteiger charge is -2.38. The molecule has 1 aliphatic rings. The van der Waals surface area contributed by atoms with Gasteiger partial charge in [0, 0.05) is 25.7 Å². The molecule has 1 N–H and O–H groups in total. The van der Waals surface area contributed by atoms with Crippen LogP contribution in [0.3, 0.4) is 0 Å². The molecule has 1 atom stereocenters. The zero-order chi connectivity index (χ0) is 25.9. The Morgan fingerprint density at radius 2 is 1.58 bits per heavy atom. The number of hydrazone groups is 1. The number of hydrogen-bond donors (Lipinski definition) is 1. The molecule has 1 aliphatic heterocycles. The Hall–Kier alpha value is -2.84. The van der Waals surface area contributed by atoms with Gasteiger partial charge < -0.3 is 4.42 Å². The predicted octanol–water partition coefficient (Wildman–Crippen LogP) is 2.56. The molecule has 0 radical (unpaired) electrons. The van der Waals surface area contributed by atoms with Gasteiger partial charge in [0.25, 0.3) is 5.91 Å². The van der Waals surface area contributed by atoms with E-state index in [1.54, 1.807) is 49.4 Å². The van der Waals surface area contributed by atoms with Gasteiger partial charge in [-0.05, 0) is 47.1 Å². The van der Waals surface area contributed by atoms with Gasteiger partial charge in [-0.25, -0.2) is 22.3 Å². The summed E-state index contributed by atoms with van der Waals surface area (Å²) in [7, 11) is -8.05. The van der Waals surface area contributed by atoms with Crippen molar-refractivity contribution in [3.63, 3.8) is 0 Å². The van der Waals surface area contributed by atoms with Gasteiger partial charge in [0.2, 0.25) is 20.0 Å².